The second-order valence-electron chi connectivity index (χ2n) is 14.0. The first-order valence-corrected chi connectivity index (χ1v) is 19.3. The third-order valence-electron chi connectivity index (χ3n) is 10.6. The fourth-order valence-corrected chi connectivity index (χ4v) is 8.92. The van der Waals surface area contributed by atoms with Crippen LogP contribution in [-0.4, -0.2) is 4.98 Å². The number of thiazole rings is 1. The van der Waals surface area contributed by atoms with Crippen LogP contribution >= 0.6 is 11.3 Å². The molecule has 55 heavy (non-hydrogen) atoms. The van der Waals surface area contributed by atoms with Gasteiger partial charge in [0, 0.05) is 27.7 Å². The van der Waals surface area contributed by atoms with Gasteiger partial charge in [-0.2, -0.15) is 0 Å². The van der Waals surface area contributed by atoms with E-state index in [1.54, 1.807) is 11.3 Å². The Bertz CT molecular complexity index is 3170. The quantitative estimate of drug-likeness (QED) is 0.171. The van der Waals surface area contributed by atoms with Crippen LogP contribution in [0.4, 0.5) is 17.1 Å². The number of rotatable bonds is 6. The fraction of sp³-hybridized carbons (Fsp3) is 0. The normalized spacial score (nSPS) is 11.6. The highest BCUT2D eigenvalue weighted by Gasteiger charge is 2.24. The lowest BCUT2D eigenvalue weighted by Gasteiger charge is -2.28. The molecule has 0 aliphatic carbocycles. The second kappa shape index (κ2) is 12.8. The van der Waals surface area contributed by atoms with Crippen molar-refractivity contribution >= 4 is 82.1 Å². The first-order chi connectivity index (χ1) is 27.2. The molecule has 0 spiro atoms. The third kappa shape index (κ3) is 5.46. The first-order valence-electron chi connectivity index (χ1n) is 18.5. The van der Waals surface area contributed by atoms with Gasteiger partial charge >= 0.3 is 0 Å². The summed E-state index contributed by atoms with van der Waals surface area (Å²) in [7, 11) is 0. The number of anilines is 3. The minimum atomic E-state index is 0.842. The van der Waals surface area contributed by atoms with E-state index in [1.807, 2.05) is 6.07 Å². The van der Waals surface area contributed by atoms with Crippen molar-refractivity contribution in [3.63, 3.8) is 0 Å². The van der Waals surface area contributed by atoms with Crippen LogP contribution < -0.4 is 4.90 Å². The summed E-state index contributed by atoms with van der Waals surface area (Å²) in [4.78, 5) is 7.38. The molecule has 11 rings (SSSR count). The average Bonchev–Trinajstić information content (AvgIpc) is 3.85. The van der Waals surface area contributed by atoms with E-state index in [9.17, 15) is 0 Å². The largest absolute Gasteiger partial charge is 0.456 e. The summed E-state index contributed by atoms with van der Waals surface area (Å²) in [6.07, 6.45) is 0. The molecular formula is C51H32N2OS. The fourth-order valence-electron chi connectivity index (χ4n) is 7.96. The van der Waals surface area contributed by atoms with Crippen molar-refractivity contribution < 1.29 is 4.42 Å². The van der Waals surface area contributed by atoms with Gasteiger partial charge in [0.2, 0.25) is 0 Å². The number of fused-ring (bicyclic) bond motifs is 6. The van der Waals surface area contributed by atoms with Crippen molar-refractivity contribution in [1.29, 1.82) is 0 Å². The van der Waals surface area contributed by atoms with Crippen molar-refractivity contribution in [2.75, 3.05) is 4.90 Å². The average molecular weight is 721 g/mol. The number of para-hydroxylation sites is 1. The molecule has 0 unspecified atom stereocenters. The van der Waals surface area contributed by atoms with Crippen LogP contribution in [0.25, 0.3) is 86.5 Å². The molecular weight excluding hydrogens is 689 g/mol. The zero-order valence-electron chi connectivity index (χ0n) is 29.7. The van der Waals surface area contributed by atoms with Crippen molar-refractivity contribution in [1.82, 2.24) is 4.98 Å². The van der Waals surface area contributed by atoms with Gasteiger partial charge in [0.15, 0.2) is 0 Å². The standard InChI is InChI=1S/C51H32N2OS/c1-3-11-33(12-4-1)35-21-25-41(26-22-35)53(42-27-23-37-29-36(19-20-38(37)30-42)34-13-5-2-6-14-34)50-43-16-8-7-15-39(43)31-47-49(50)44-28-24-40(32-46(44)54-47)51-52-45-17-9-10-18-48(45)55-51/h1-32H. The molecule has 2 aromatic heterocycles. The Morgan fingerprint density at radius 2 is 1.05 bits per heavy atom. The predicted molar refractivity (Wildman–Crippen MR) is 233 cm³/mol. The molecule has 258 valence electrons. The Morgan fingerprint density at radius 1 is 0.418 bits per heavy atom. The Balaban J connectivity index is 1.14. The van der Waals surface area contributed by atoms with Crippen LogP contribution in [0, 0.1) is 0 Å². The molecule has 2 heterocycles. The molecule has 0 fully saturated rings. The van der Waals surface area contributed by atoms with Crippen LogP contribution in [0.1, 0.15) is 0 Å². The van der Waals surface area contributed by atoms with Gasteiger partial charge < -0.3 is 9.32 Å². The van der Waals surface area contributed by atoms with Crippen molar-refractivity contribution in [2.24, 2.45) is 0 Å². The summed E-state index contributed by atoms with van der Waals surface area (Å²) in [5.41, 5.74) is 11.8. The van der Waals surface area contributed by atoms with Crippen molar-refractivity contribution in [3.05, 3.63) is 194 Å². The summed E-state index contributed by atoms with van der Waals surface area (Å²) < 4.78 is 7.99. The molecule has 0 atom stereocenters. The molecule has 3 nitrogen and oxygen atoms in total. The van der Waals surface area contributed by atoms with Gasteiger partial charge in [-0.1, -0.05) is 133 Å². The Hall–Kier alpha value is -7.01. The summed E-state index contributed by atoms with van der Waals surface area (Å²) in [5.74, 6) is 0. The summed E-state index contributed by atoms with van der Waals surface area (Å²) in [6, 6.07) is 69.4. The highest BCUT2D eigenvalue weighted by atomic mass is 32.1. The van der Waals surface area contributed by atoms with E-state index in [0.29, 0.717) is 0 Å². The molecule has 0 saturated carbocycles. The van der Waals surface area contributed by atoms with Gasteiger partial charge in [-0.05, 0) is 99.1 Å². The molecule has 0 bridgehead atoms. The molecule has 0 saturated heterocycles. The van der Waals surface area contributed by atoms with E-state index in [1.165, 1.54) is 37.7 Å². The monoisotopic (exact) mass is 720 g/mol. The van der Waals surface area contributed by atoms with E-state index in [2.05, 4.69) is 193 Å². The summed E-state index contributed by atoms with van der Waals surface area (Å²) in [6.45, 7) is 0. The van der Waals surface area contributed by atoms with Crippen LogP contribution in [0.2, 0.25) is 0 Å². The van der Waals surface area contributed by atoms with Gasteiger partial charge in [-0.25, -0.2) is 4.98 Å². The molecule has 11 aromatic rings. The van der Waals surface area contributed by atoms with Crippen LogP contribution in [0.5, 0.6) is 0 Å². The topological polar surface area (TPSA) is 29.3 Å². The van der Waals surface area contributed by atoms with E-state index >= 15 is 0 Å². The number of hydrogen-bond acceptors (Lipinski definition) is 4. The molecule has 0 amide bonds. The van der Waals surface area contributed by atoms with Gasteiger partial charge in [0.05, 0.1) is 21.3 Å². The Kier molecular flexibility index (Phi) is 7.35. The van der Waals surface area contributed by atoms with Gasteiger partial charge in [-0.3, -0.25) is 0 Å². The lowest BCUT2D eigenvalue weighted by atomic mass is 9.98. The van der Waals surface area contributed by atoms with E-state index < -0.39 is 0 Å². The highest BCUT2D eigenvalue weighted by Crippen LogP contribution is 2.48. The summed E-state index contributed by atoms with van der Waals surface area (Å²) >= 11 is 1.71. The molecule has 4 heteroatoms. The van der Waals surface area contributed by atoms with Crippen LogP contribution in [0.3, 0.4) is 0 Å². The number of nitrogens with zero attached hydrogens (tertiary/aromatic N) is 2. The minimum absolute atomic E-state index is 0.842. The summed E-state index contributed by atoms with van der Waals surface area (Å²) in [5, 5.41) is 7.78. The Morgan fingerprint density at radius 3 is 1.87 bits per heavy atom. The van der Waals surface area contributed by atoms with Crippen LogP contribution in [-0.2, 0) is 0 Å². The predicted octanol–water partition coefficient (Wildman–Crippen LogP) is 15.0. The smallest absolute Gasteiger partial charge is 0.138 e. The molecule has 0 N–H and O–H groups in total. The van der Waals surface area contributed by atoms with Crippen molar-refractivity contribution in [2.45, 2.75) is 0 Å². The lowest BCUT2D eigenvalue weighted by molar-refractivity contribution is 0.669. The lowest BCUT2D eigenvalue weighted by Crippen LogP contribution is -2.11. The number of furan rings is 1. The van der Waals surface area contributed by atoms with Gasteiger partial charge in [-0.15, -0.1) is 11.3 Å². The van der Waals surface area contributed by atoms with E-state index in [-0.39, 0.29) is 0 Å². The first kappa shape index (κ1) is 31.5. The minimum Gasteiger partial charge on any atom is -0.456 e. The maximum Gasteiger partial charge on any atom is 0.138 e. The number of aromatic nitrogens is 1. The van der Waals surface area contributed by atoms with E-state index in [4.69, 9.17) is 9.40 Å². The molecule has 0 aliphatic heterocycles. The zero-order valence-corrected chi connectivity index (χ0v) is 30.5. The van der Waals surface area contributed by atoms with Gasteiger partial charge in [0.25, 0.3) is 0 Å². The maximum atomic E-state index is 6.81. The molecule has 0 aliphatic rings. The maximum absolute atomic E-state index is 6.81. The Labute approximate surface area is 322 Å². The highest BCUT2D eigenvalue weighted by molar-refractivity contribution is 7.21. The SMILES string of the molecule is c1ccc(-c2ccc(N(c3ccc4cc(-c5ccccc5)ccc4c3)c3c4ccccc4cc4oc5cc(-c6nc7ccccc7s6)ccc5c34)cc2)cc1. The zero-order chi connectivity index (χ0) is 36.3. The van der Waals surface area contributed by atoms with E-state index in [0.717, 1.165) is 65.9 Å². The molecule has 9 aromatic carbocycles. The molecule has 0 radical (unpaired) electrons. The second-order valence-corrected chi connectivity index (χ2v) is 15.0. The van der Waals surface area contributed by atoms with Crippen molar-refractivity contribution in [3.8, 4) is 32.8 Å². The number of hydrogen-bond donors (Lipinski definition) is 0. The number of benzene rings is 9. The van der Waals surface area contributed by atoms with Crippen LogP contribution in [0.15, 0.2) is 199 Å². The van der Waals surface area contributed by atoms with Gasteiger partial charge in [0.1, 0.15) is 16.2 Å². The third-order valence-corrected chi connectivity index (χ3v) is 11.7.